The van der Waals surface area contributed by atoms with Crippen LogP contribution < -0.4 is 91.4 Å². The molecule has 0 aromatic rings. The number of carbonyl (C=O) groups excluding carboxylic acids is 6. The molecule has 0 spiro atoms. The summed E-state index contributed by atoms with van der Waals surface area (Å²) in [5, 5.41) is 26.0. The average molecular weight is 1000 g/mol. The maximum atomic E-state index is 12.0. The molecule has 0 bridgehead atoms. The van der Waals surface area contributed by atoms with E-state index in [0.29, 0.717) is 12.8 Å². The zero-order valence-electron chi connectivity index (χ0n) is 40.8. The monoisotopic (exact) mass is 1000 g/mol. The van der Waals surface area contributed by atoms with Gasteiger partial charge >= 0.3 is 59.1 Å². The fourth-order valence-corrected chi connectivity index (χ4v) is 8.79. The number of rotatable bonds is 42. The Balaban J connectivity index is -0.000000565. The van der Waals surface area contributed by atoms with Crippen LogP contribution in [0.5, 0.6) is 0 Å². The smallest absolute Gasteiger partial charge is 0.546 e. The molecule has 0 aliphatic rings. The van der Waals surface area contributed by atoms with Gasteiger partial charge in [-0.15, -0.1) is 0 Å². The molecule has 66 heavy (non-hydrogen) atoms. The summed E-state index contributed by atoms with van der Waals surface area (Å²) < 4.78 is 64.4. The van der Waals surface area contributed by atoms with Crippen molar-refractivity contribution in [1.82, 2.24) is 10.6 Å². The van der Waals surface area contributed by atoms with Gasteiger partial charge in [-0.3, -0.25) is 28.3 Å². The molecule has 4 amide bonds. The van der Waals surface area contributed by atoms with E-state index in [1.165, 1.54) is 128 Å². The fourth-order valence-electron chi connectivity index (χ4n) is 7.24. The minimum absolute atomic E-state index is 0. The standard InChI is InChI=1S/2C22H42N2O7S.2Na/c2*1-2-3-4-5-6-7-8-9-10-11-12-13-14-15-16-17-20(26)24-22(21(27)28,18-19(23)25)32(29,30)31;;/h2*2-18H2,1H3,(H2,23,25)(H,24,26)(H,27,28)(H,29,30,31);;/q;;2*+1/p-2. The van der Waals surface area contributed by atoms with Gasteiger partial charge in [0.1, 0.15) is 0 Å². The molecule has 2 atom stereocenters. The van der Waals surface area contributed by atoms with Crippen molar-refractivity contribution in [3.63, 3.8) is 0 Å². The summed E-state index contributed by atoms with van der Waals surface area (Å²) in [4.78, 5) is 62.1. The van der Waals surface area contributed by atoms with Crippen molar-refractivity contribution in [1.29, 1.82) is 0 Å². The summed E-state index contributed by atoms with van der Waals surface area (Å²) >= 11 is 0. The molecular formula is C44H82N4Na2O14S2. The summed E-state index contributed by atoms with van der Waals surface area (Å²) in [6, 6.07) is 0. The van der Waals surface area contributed by atoms with Gasteiger partial charge in [0.05, 0.1) is 24.8 Å². The summed E-state index contributed by atoms with van der Waals surface area (Å²) in [5.41, 5.74) is 9.74. The Morgan fingerprint density at radius 1 is 0.409 bits per heavy atom. The van der Waals surface area contributed by atoms with Crippen LogP contribution in [0, 0.1) is 0 Å². The van der Waals surface area contributed by atoms with Crippen LogP contribution in [0.15, 0.2) is 0 Å². The van der Waals surface area contributed by atoms with E-state index in [1.807, 2.05) is 0 Å². The second-order valence-corrected chi connectivity index (χ2v) is 20.3. The van der Waals surface area contributed by atoms with E-state index in [9.17, 15) is 64.9 Å². The number of unbranched alkanes of at least 4 members (excludes halogenated alkanes) is 28. The van der Waals surface area contributed by atoms with Crippen LogP contribution in [0.2, 0.25) is 0 Å². The third kappa shape index (κ3) is 34.8. The molecule has 8 N–H and O–H groups in total. The first-order chi connectivity index (χ1) is 30.1. The van der Waals surface area contributed by atoms with Gasteiger partial charge in [0.2, 0.25) is 33.4 Å². The molecule has 0 aromatic heterocycles. The predicted octanol–water partition coefficient (Wildman–Crippen LogP) is -0.845. The topological polar surface area (TPSA) is 333 Å². The van der Waals surface area contributed by atoms with Crippen LogP contribution >= 0.6 is 0 Å². The van der Waals surface area contributed by atoms with Crippen LogP contribution in [0.4, 0.5) is 0 Å². The summed E-state index contributed by atoms with van der Waals surface area (Å²) in [6.45, 7) is 4.45. The predicted molar refractivity (Wildman–Crippen MR) is 242 cm³/mol. The van der Waals surface area contributed by atoms with Crippen molar-refractivity contribution in [2.24, 2.45) is 11.5 Å². The van der Waals surface area contributed by atoms with Crippen molar-refractivity contribution >= 4 is 55.8 Å². The third-order valence-electron chi connectivity index (χ3n) is 11.1. The van der Waals surface area contributed by atoms with Gasteiger partial charge in [0.15, 0.2) is 0 Å². The molecule has 0 saturated carbocycles. The number of hydrogen-bond donors (Lipinski definition) is 6. The van der Waals surface area contributed by atoms with Crippen molar-refractivity contribution in [2.45, 2.75) is 242 Å². The number of primary amides is 2. The van der Waals surface area contributed by atoms with Crippen LogP contribution in [0.25, 0.3) is 0 Å². The van der Waals surface area contributed by atoms with Crippen LogP contribution in [0.1, 0.15) is 232 Å². The van der Waals surface area contributed by atoms with E-state index in [-0.39, 0.29) is 72.0 Å². The van der Waals surface area contributed by atoms with Gasteiger partial charge in [0.25, 0.3) is 20.2 Å². The Bertz CT molecular complexity index is 1460. The number of nitrogens with one attached hydrogen (secondary N) is 2. The molecule has 18 nitrogen and oxygen atoms in total. The Hall–Kier alpha value is -1.36. The van der Waals surface area contributed by atoms with E-state index in [0.717, 1.165) is 51.4 Å². The average Bonchev–Trinajstić information content (AvgIpc) is 3.19. The molecule has 0 heterocycles. The van der Waals surface area contributed by atoms with Gasteiger partial charge in [-0.25, -0.2) is 0 Å². The Morgan fingerprint density at radius 2 is 0.591 bits per heavy atom. The van der Waals surface area contributed by atoms with Crippen molar-refractivity contribution in [2.75, 3.05) is 0 Å². The molecule has 0 aliphatic heterocycles. The largest absolute Gasteiger partial charge is 1.00 e. The second-order valence-electron chi connectivity index (χ2n) is 17.0. The minimum atomic E-state index is -5.37. The third-order valence-corrected chi connectivity index (χ3v) is 13.7. The zero-order chi connectivity index (χ0) is 48.9. The number of carboxylic acids is 2. The van der Waals surface area contributed by atoms with Crippen molar-refractivity contribution in [3.8, 4) is 0 Å². The van der Waals surface area contributed by atoms with Crippen molar-refractivity contribution in [3.05, 3.63) is 0 Å². The van der Waals surface area contributed by atoms with E-state index in [2.05, 4.69) is 13.8 Å². The number of carboxylic acid groups (broad SMARTS) is 2. The van der Waals surface area contributed by atoms with E-state index >= 15 is 0 Å². The Morgan fingerprint density at radius 3 is 0.742 bits per heavy atom. The first kappa shape index (κ1) is 71.2. The summed E-state index contributed by atoms with van der Waals surface area (Å²) in [6.07, 6.45) is 31.5. The maximum Gasteiger partial charge on any atom is 1.00 e. The minimum Gasteiger partial charge on any atom is -0.546 e. The van der Waals surface area contributed by atoms with Gasteiger partial charge in [0, 0.05) is 12.8 Å². The van der Waals surface area contributed by atoms with Crippen molar-refractivity contribution < 1.29 is 124 Å². The Labute approximate surface area is 440 Å². The summed E-state index contributed by atoms with van der Waals surface area (Å²) in [7, 11) is -10.7. The van der Waals surface area contributed by atoms with E-state index < -0.39 is 78.4 Å². The molecule has 2 unspecified atom stereocenters. The zero-order valence-corrected chi connectivity index (χ0v) is 46.4. The number of amides is 4. The number of nitrogens with two attached hydrogens (primary N) is 2. The molecular weight excluding hydrogens is 919 g/mol. The first-order valence-electron chi connectivity index (χ1n) is 23.7. The van der Waals surface area contributed by atoms with E-state index in [4.69, 9.17) is 11.5 Å². The fraction of sp³-hybridized carbons (Fsp3) is 0.864. The molecule has 0 saturated heterocycles. The van der Waals surface area contributed by atoms with Gasteiger partial charge in [-0.2, -0.15) is 16.8 Å². The normalized spacial score (nSPS) is 13.0. The maximum absolute atomic E-state index is 12.0. The number of hydrogen-bond acceptors (Lipinski definition) is 12. The van der Waals surface area contributed by atoms with Gasteiger partial charge < -0.3 is 41.9 Å². The van der Waals surface area contributed by atoms with Crippen LogP contribution in [-0.2, 0) is 49.0 Å². The molecule has 0 rings (SSSR count). The quantitative estimate of drug-likeness (QED) is 0.0247. The van der Waals surface area contributed by atoms with Gasteiger partial charge in [-0.1, -0.05) is 194 Å². The number of carbonyl (C=O) groups is 6. The SMILES string of the molecule is CCCCCCCCCCCCCCCCCC(=O)NC(CC(N)=O)(C(=O)[O-])S(=O)(=O)O.CCCCCCCCCCCCCCCCCC(=O)NC(CC(N)=O)(C(=O)[O-])S(=O)(=O)O.[Na+].[Na+]. The van der Waals surface area contributed by atoms with Crippen LogP contribution in [-0.4, -0.2) is 71.3 Å². The molecule has 0 aromatic carbocycles. The molecule has 0 radical (unpaired) electrons. The molecule has 0 fully saturated rings. The van der Waals surface area contributed by atoms with Gasteiger partial charge in [-0.05, 0) is 12.8 Å². The molecule has 0 aliphatic carbocycles. The summed E-state index contributed by atoms with van der Waals surface area (Å²) in [5.74, 6) is -9.10. The first-order valence-corrected chi connectivity index (χ1v) is 26.6. The van der Waals surface area contributed by atoms with E-state index in [1.54, 1.807) is 10.6 Å². The molecule has 22 heteroatoms. The molecule has 376 valence electrons. The number of aliphatic carboxylic acids is 2. The second kappa shape index (κ2) is 42.5. The Kier molecular flexibility index (Phi) is 45.9. The van der Waals surface area contributed by atoms with Crippen LogP contribution in [0.3, 0.4) is 0 Å².